The monoisotopic (exact) mass is 298 g/mol. The topological polar surface area (TPSA) is 158 Å². The van der Waals surface area contributed by atoms with Crippen LogP contribution in [0.15, 0.2) is 0 Å². The Labute approximate surface area is 55.1 Å². The maximum Gasteiger partial charge on any atom is 0 e. The Kier molecular flexibility index (Phi) is 17200. The van der Waals surface area contributed by atoms with E-state index >= 15 is 0 Å². The molecule has 6 heavy (non-hydrogen) atoms. The van der Waals surface area contributed by atoms with Gasteiger partial charge < -0.3 is 27.4 Å². The van der Waals surface area contributed by atoms with Crippen LogP contribution in [-0.4, -0.2) is 54.7 Å². The molecular formula is H10O5Pb. The molecule has 0 atom stereocenters. The van der Waals surface area contributed by atoms with Crippen molar-refractivity contribution in [2.75, 3.05) is 0 Å². The van der Waals surface area contributed by atoms with E-state index in [1.54, 1.807) is 0 Å². The van der Waals surface area contributed by atoms with E-state index in [0.29, 0.717) is 0 Å². The van der Waals surface area contributed by atoms with Gasteiger partial charge in [0.05, 0.1) is 0 Å². The summed E-state index contributed by atoms with van der Waals surface area (Å²) in [5, 5.41) is 0. The number of hydrogen-bond donors (Lipinski definition) is 0. The van der Waals surface area contributed by atoms with Crippen LogP contribution in [-0.2, 0) is 0 Å². The van der Waals surface area contributed by atoms with Crippen molar-refractivity contribution in [1.29, 1.82) is 0 Å². The van der Waals surface area contributed by atoms with Crippen molar-refractivity contribution < 1.29 is 27.4 Å². The Balaban J connectivity index is 0. The largest absolute Gasteiger partial charge is 0.412 e. The Bertz CT molecular complexity index is 3.90. The van der Waals surface area contributed by atoms with E-state index in [1.165, 1.54) is 0 Å². The molecule has 0 fully saturated rings. The normalized spacial score (nSPS) is 0. The van der Waals surface area contributed by atoms with Crippen LogP contribution in [0, 0.1) is 0 Å². The SMILES string of the molecule is O.O.O.O.O.[Pb]. The van der Waals surface area contributed by atoms with Crippen LogP contribution in [0.4, 0.5) is 0 Å². The first-order valence-corrected chi connectivity index (χ1v) is 0. The molecule has 44 valence electrons. The smallest absolute Gasteiger partial charge is 0 e. The van der Waals surface area contributed by atoms with Crippen molar-refractivity contribution in [2.45, 2.75) is 0 Å². The van der Waals surface area contributed by atoms with Crippen LogP contribution in [0.5, 0.6) is 0 Å². The summed E-state index contributed by atoms with van der Waals surface area (Å²) >= 11 is 0. The van der Waals surface area contributed by atoms with Crippen molar-refractivity contribution >= 4 is 27.3 Å². The molecular weight excluding hydrogens is 287 g/mol. The second-order valence-electron chi connectivity index (χ2n) is 0. The molecule has 0 spiro atoms. The van der Waals surface area contributed by atoms with Gasteiger partial charge in [0.15, 0.2) is 0 Å². The van der Waals surface area contributed by atoms with E-state index in [4.69, 9.17) is 0 Å². The second-order valence-corrected chi connectivity index (χ2v) is 0. The van der Waals surface area contributed by atoms with Gasteiger partial charge in [-0.05, 0) is 0 Å². The molecule has 6 heteroatoms. The van der Waals surface area contributed by atoms with Gasteiger partial charge >= 0.3 is 0 Å². The molecule has 0 aromatic heterocycles. The van der Waals surface area contributed by atoms with Crippen molar-refractivity contribution in [1.82, 2.24) is 0 Å². The number of rotatable bonds is 0. The minimum Gasteiger partial charge on any atom is -0.412 e. The molecule has 0 heterocycles. The van der Waals surface area contributed by atoms with Gasteiger partial charge in [-0.25, -0.2) is 0 Å². The summed E-state index contributed by atoms with van der Waals surface area (Å²) in [6, 6.07) is 0. The van der Waals surface area contributed by atoms with Crippen molar-refractivity contribution in [3.05, 3.63) is 0 Å². The molecule has 0 aliphatic heterocycles. The quantitative estimate of drug-likeness (QED) is 0.395. The summed E-state index contributed by atoms with van der Waals surface area (Å²) in [6.07, 6.45) is 0. The molecule has 0 saturated carbocycles. The molecule has 0 saturated heterocycles. The standard InChI is InChI=1S/5H2O.Pb/h5*1H2;. The molecule has 0 aliphatic rings. The molecule has 0 amide bonds. The van der Waals surface area contributed by atoms with Gasteiger partial charge in [0, 0.05) is 27.3 Å². The zero-order valence-corrected chi connectivity index (χ0v) is 6.89. The number of hydrogen-bond acceptors (Lipinski definition) is 0. The first kappa shape index (κ1) is 422. The average molecular weight is 297 g/mol. The van der Waals surface area contributed by atoms with Crippen molar-refractivity contribution in [3.8, 4) is 0 Å². The Morgan fingerprint density at radius 3 is 0.333 bits per heavy atom. The Morgan fingerprint density at radius 2 is 0.333 bits per heavy atom. The molecule has 5 nitrogen and oxygen atoms in total. The zero-order chi connectivity index (χ0) is 0. The average Bonchev–Trinajstić information content (AvgIpc) is 0. The van der Waals surface area contributed by atoms with Crippen LogP contribution in [0.25, 0.3) is 0 Å². The van der Waals surface area contributed by atoms with Gasteiger partial charge in [-0.15, -0.1) is 0 Å². The third-order valence-corrected chi connectivity index (χ3v) is 0. The van der Waals surface area contributed by atoms with Crippen LogP contribution >= 0.6 is 0 Å². The maximum absolute atomic E-state index is 0. The molecule has 10 N–H and O–H groups in total. The summed E-state index contributed by atoms with van der Waals surface area (Å²) in [4.78, 5) is 0. The molecule has 0 rings (SSSR count). The van der Waals surface area contributed by atoms with Gasteiger partial charge in [0.1, 0.15) is 0 Å². The fourth-order valence-electron chi connectivity index (χ4n) is 0. The van der Waals surface area contributed by atoms with E-state index in [2.05, 4.69) is 0 Å². The van der Waals surface area contributed by atoms with Crippen LogP contribution in [0.1, 0.15) is 0 Å². The second kappa shape index (κ2) is 245. The predicted molar refractivity (Wildman–Crippen MR) is 23.8 cm³/mol. The van der Waals surface area contributed by atoms with Gasteiger partial charge in [-0.3, -0.25) is 0 Å². The first-order chi connectivity index (χ1) is 0. The van der Waals surface area contributed by atoms with E-state index in [0.717, 1.165) is 0 Å². The maximum atomic E-state index is 0. The minimum atomic E-state index is 0. The molecule has 0 aromatic carbocycles. The fourth-order valence-corrected chi connectivity index (χ4v) is 0. The van der Waals surface area contributed by atoms with Gasteiger partial charge in [-0.1, -0.05) is 0 Å². The van der Waals surface area contributed by atoms with Crippen molar-refractivity contribution in [3.63, 3.8) is 0 Å². The third kappa shape index (κ3) is 125. The molecule has 4 radical (unpaired) electrons. The summed E-state index contributed by atoms with van der Waals surface area (Å²) in [5.74, 6) is 0. The van der Waals surface area contributed by atoms with Gasteiger partial charge in [-0.2, -0.15) is 0 Å². The minimum absolute atomic E-state index is 0. The summed E-state index contributed by atoms with van der Waals surface area (Å²) in [7, 11) is 0. The fraction of sp³-hybridized carbons (Fsp3) is 0. The molecule has 0 bridgehead atoms. The molecule has 0 aliphatic carbocycles. The predicted octanol–water partition coefficient (Wildman–Crippen LogP) is -4.50. The van der Waals surface area contributed by atoms with Crippen LogP contribution in [0.3, 0.4) is 0 Å². The third-order valence-electron chi connectivity index (χ3n) is 0. The Morgan fingerprint density at radius 1 is 0.333 bits per heavy atom. The van der Waals surface area contributed by atoms with E-state index in [-0.39, 0.29) is 54.7 Å². The zero-order valence-electron chi connectivity index (χ0n) is 3.00. The molecule has 0 aromatic rings. The summed E-state index contributed by atoms with van der Waals surface area (Å²) in [6.45, 7) is 0. The van der Waals surface area contributed by atoms with Crippen molar-refractivity contribution in [2.24, 2.45) is 0 Å². The van der Waals surface area contributed by atoms with Gasteiger partial charge in [0.25, 0.3) is 0 Å². The Hall–Kier alpha value is 0.722. The van der Waals surface area contributed by atoms with E-state index < -0.39 is 0 Å². The summed E-state index contributed by atoms with van der Waals surface area (Å²) in [5.41, 5.74) is 0. The van der Waals surface area contributed by atoms with Crippen LogP contribution in [0.2, 0.25) is 0 Å². The van der Waals surface area contributed by atoms with Crippen LogP contribution < -0.4 is 0 Å². The van der Waals surface area contributed by atoms with Gasteiger partial charge in [0.2, 0.25) is 0 Å². The first-order valence-electron chi connectivity index (χ1n) is 0. The molecule has 0 unspecified atom stereocenters. The summed E-state index contributed by atoms with van der Waals surface area (Å²) < 4.78 is 0. The van der Waals surface area contributed by atoms with E-state index in [9.17, 15) is 0 Å². The van der Waals surface area contributed by atoms with E-state index in [1.807, 2.05) is 0 Å².